The number of carbonyl (C=O) groups is 1. The fourth-order valence-corrected chi connectivity index (χ4v) is 3.12. The van der Waals surface area contributed by atoms with E-state index in [4.69, 9.17) is 4.74 Å². The Kier molecular flexibility index (Phi) is 6.52. The second-order valence-corrected chi connectivity index (χ2v) is 6.92. The summed E-state index contributed by atoms with van der Waals surface area (Å²) in [6, 6.07) is 13.8. The predicted molar refractivity (Wildman–Crippen MR) is 108 cm³/mol. The third kappa shape index (κ3) is 5.61. The first-order valence-corrected chi connectivity index (χ1v) is 9.56. The van der Waals surface area contributed by atoms with Crippen molar-refractivity contribution in [2.45, 2.75) is 26.4 Å². The van der Waals surface area contributed by atoms with Crippen molar-refractivity contribution in [2.24, 2.45) is 0 Å². The van der Waals surface area contributed by atoms with Crippen LogP contribution in [0.3, 0.4) is 0 Å². The summed E-state index contributed by atoms with van der Waals surface area (Å²) in [6.07, 6.45) is 2.47. The second kappa shape index (κ2) is 9.26. The quantitative estimate of drug-likeness (QED) is 0.814. The van der Waals surface area contributed by atoms with Crippen LogP contribution in [0.25, 0.3) is 0 Å². The standard InChI is InChI=1S/C21H28N4O2/c1-17(2)27-19-8-6-18(7-9-19)22-12-10-21(26)25-15-13-24(14-16-25)20-5-3-4-11-23-20/h3-9,11,17,22H,10,12-16H2,1-2H3. The molecule has 0 radical (unpaired) electrons. The van der Waals surface area contributed by atoms with E-state index in [1.54, 1.807) is 6.20 Å². The van der Waals surface area contributed by atoms with Gasteiger partial charge in [-0.05, 0) is 50.2 Å². The third-order valence-corrected chi connectivity index (χ3v) is 4.50. The van der Waals surface area contributed by atoms with Crippen LogP contribution in [0.2, 0.25) is 0 Å². The lowest BCUT2D eigenvalue weighted by Gasteiger charge is -2.35. The fraction of sp³-hybridized carbons (Fsp3) is 0.429. The van der Waals surface area contributed by atoms with Crippen LogP contribution in [-0.4, -0.2) is 54.6 Å². The Morgan fingerprint density at radius 3 is 2.48 bits per heavy atom. The van der Waals surface area contributed by atoms with Gasteiger partial charge in [0.05, 0.1) is 6.10 Å². The van der Waals surface area contributed by atoms with Crippen molar-refractivity contribution in [1.29, 1.82) is 0 Å². The van der Waals surface area contributed by atoms with Crippen LogP contribution in [0.5, 0.6) is 5.75 Å². The summed E-state index contributed by atoms with van der Waals surface area (Å²) in [5.41, 5.74) is 0.999. The molecule has 2 aromatic rings. The number of anilines is 2. The summed E-state index contributed by atoms with van der Waals surface area (Å²) in [5, 5.41) is 3.31. The molecule has 1 saturated heterocycles. The van der Waals surface area contributed by atoms with E-state index in [9.17, 15) is 4.79 Å². The summed E-state index contributed by atoms with van der Waals surface area (Å²) < 4.78 is 5.63. The Bertz CT molecular complexity index is 711. The first-order valence-electron chi connectivity index (χ1n) is 9.56. The van der Waals surface area contributed by atoms with Crippen molar-refractivity contribution in [3.05, 3.63) is 48.7 Å². The molecule has 1 N–H and O–H groups in total. The average Bonchev–Trinajstić information content (AvgIpc) is 2.69. The molecular weight excluding hydrogens is 340 g/mol. The van der Waals surface area contributed by atoms with Crippen molar-refractivity contribution in [3.8, 4) is 5.75 Å². The molecule has 1 aromatic heterocycles. The number of piperazine rings is 1. The summed E-state index contributed by atoms with van der Waals surface area (Å²) in [5.74, 6) is 2.04. The highest BCUT2D eigenvalue weighted by Gasteiger charge is 2.21. The number of pyridine rings is 1. The van der Waals surface area contributed by atoms with Gasteiger partial charge >= 0.3 is 0 Å². The maximum absolute atomic E-state index is 12.4. The van der Waals surface area contributed by atoms with Gasteiger partial charge < -0.3 is 19.9 Å². The van der Waals surface area contributed by atoms with Crippen LogP contribution in [-0.2, 0) is 4.79 Å². The average molecular weight is 368 g/mol. The molecule has 0 saturated carbocycles. The maximum atomic E-state index is 12.4. The Morgan fingerprint density at radius 2 is 1.85 bits per heavy atom. The van der Waals surface area contributed by atoms with Crippen LogP contribution in [0.15, 0.2) is 48.7 Å². The molecule has 1 fully saturated rings. The highest BCUT2D eigenvalue weighted by atomic mass is 16.5. The van der Waals surface area contributed by atoms with Crippen LogP contribution in [0.4, 0.5) is 11.5 Å². The normalized spacial score (nSPS) is 14.3. The summed E-state index contributed by atoms with van der Waals surface area (Å²) >= 11 is 0. The third-order valence-electron chi connectivity index (χ3n) is 4.50. The Morgan fingerprint density at radius 1 is 1.11 bits per heavy atom. The molecule has 27 heavy (non-hydrogen) atoms. The number of hydrogen-bond donors (Lipinski definition) is 1. The minimum absolute atomic E-state index is 0.166. The maximum Gasteiger partial charge on any atom is 0.224 e. The van der Waals surface area contributed by atoms with E-state index in [1.807, 2.05) is 61.2 Å². The van der Waals surface area contributed by atoms with Crippen LogP contribution >= 0.6 is 0 Å². The molecule has 1 amide bonds. The number of ether oxygens (including phenoxy) is 1. The van der Waals surface area contributed by atoms with Crippen molar-refractivity contribution < 1.29 is 9.53 Å². The molecule has 2 heterocycles. The van der Waals surface area contributed by atoms with Gasteiger partial charge in [0, 0.05) is 51.0 Å². The topological polar surface area (TPSA) is 57.7 Å². The molecule has 0 atom stereocenters. The van der Waals surface area contributed by atoms with Gasteiger partial charge in [-0.25, -0.2) is 4.98 Å². The number of benzene rings is 1. The molecule has 0 bridgehead atoms. The fourth-order valence-electron chi connectivity index (χ4n) is 3.12. The zero-order valence-corrected chi connectivity index (χ0v) is 16.1. The molecule has 6 heteroatoms. The molecule has 0 aliphatic carbocycles. The van der Waals surface area contributed by atoms with Gasteiger partial charge in [-0.1, -0.05) is 6.07 Å². The number of aromatic nitrogens is 1. The first kappa shape index (κ1) is 19.0. The van der Waals surface area contributed by atoms with Crippen molar-refractivity contribution in [2.75, 3.05) is 42.9 Å². The zero-order chi connectivity index (χ0) is 19.1. The van der Waals surface area contributed by atoms with Crippen LogP contribution in [0, 0.1) is 0 Å². The molecule has 3 rings (SSSR count). The van der Waals surface area contributed by atoms with E-state index in [0.717, 1.165) is 43.4 Å². The Labute approximate surface area is 161 Å². The lowest BCUT2D eigenvalue weighted by Crippen LogP contribution is -2.49. The van der Waals surface area contributed by atoms with E-state index in [-0.39, 0.29) is 12.0 Å². The molecule has 1 aliphatic heterocycles. The van der Waals surface area contributed by atoms with E-state index < -0.39 is 0 Å². The number of nitrogens with zero attached hydrogens (tertiary/aromatic N) is 3. The lowest BCUT2D eigenvalue weighted by molar-refractivity contribution is -0.131. The van der Waals surface area contributed by atoms with Crippen molar-refractivity contribution in [3.63, 3.8) is 0 Å². The predicted octanol–water partition coefficient (Wildman–Crippen LogP) is 3.02. The molecular formula is C21H28N4O2. The summed E-state index contributed by atoms with van der Waals surface area (Å²) in [7, 11) is 0. The number of amides is 1. The second-order valence-electron chi connectivity index (χ2n) is 6.92. The van der Waals surface area contributed by atoms with Crippen molar-refractivity contribution in [1.82, 2.24) is 9.88 Å². The highest BCUT2D eigenvalue weighted by molar-refractivity contribution is 5.77. The Hall–Kier alpha value is -2.76. The molecule has 144 valence electrons. The van der Waals surface area contributed by atoms with Gasteiger partial charge in [0.1, 0.15) is 11.6 Å². The minimum Gasteiger partial charge on any atom is -0.491 e. The van der Waals surface area contributed by atoms with Gasteiger partial charge in [0.2, 0.25) is 5.91 Å². The monoisotopic (exact) mass is 368 g/mol. The smallest absolute Gasteiger partial charge is 0.224 e. The van der Waals surface area contributed by atoms with E-state index >= 15 is 0 Å². The van der Waals surface area contributed by atoms with Gasteiger partial charge in [-0.15, -0.1) is 0 Å². The van der Waals surface area contributed by atoms with E-state index in [2.05, 4.69) is 15.2 Å². The molecule has 1 aliphatic rings. The number of nitrogens with one attached hydrogen (secondary N) is 1. The van der Waals surface area contributed by atoms with Crippen LogP contribution in [0.1, 0.15) is 20.3 Å². The molecule has 1 aromatic carbocycles. The van der Waals surface area contributed by atoms with Crippen LogP contribution < -0.4 is 15.0 Å². The number of rotatable bonds is 7. The Balaban J connectivity index is 1.39. The van der Waals surface area contributed by atoms with Crippen molar-refractivity contribution >= 4 is 17.4 Å². The first-order chi connectivity index (χ1) is 13.1. The molecule has 6 nitrogen and oxygen atoms in total. The molecule has 0 unspecified atom stereocenters. The van der Waals surface area contributed by atoms with E-state index in [1.165, 1.54) is 0 Å². The summed E-state index contributed by atoms with van der Waals surface area (Å²) in [6.45, 7) is 7.79. The largest absolute Gasteiger partial charge is 0.491 e. The molecule has 0 spiro atoms. The van der Waals surface area contributed by atoms with Gasteiger partial charge in [-0.2, -0.15) is 0 Å². The van der Waals surface area contributed by atoms with Gasteiger partial charge in [0.25, 0.3) is 0 Å². The lowest BCUT2D eigenvalue weighted by atomic mass is 10.2. The minimum atomic E-state index is 0.166. The highest BCUT2D eigenvalue weighted by Crippen LogP contribution is 2.17. The number of carbonyl (C=O) groups excluding carboxylic acids is 1. The van der Waals surface area contributed by atoms with Gasteiger partial charge in [-0.3, -0.25) is 4.79 Å². The van der Waals surface area contributed by atoms with Gasteiger partial charge in [0.15, 0.2) is 0 Å². The zero-order valence-electron chi connectivity index (χ0n) is 16.1. The SMILES string of the molecule is CC(C)Oc1ccc(NCCC(=O)N2CCN(c3ccccn3)CC2)cc1. The summed E-state index contributed by atoms with van der Waals surface area (Å²) in [4.78, 5) is 21.0. The number of hydrogen-bond acceptors (Lipinski definition) is 5. The van der Waals surface area contributed by atoms with E-state index in [0.29, 0.717) is 13.0 Å².